The fraction of sp³-hybridized carbons (Fsp3) is 1.00. The second-order valence-corrected chi connectivity index (χ2v) is 5.40. The van der Waals surface area contributed by atoms with E-state index in [0.29, 0.717) is 0 Å². The third-order valence-corrected chi connectivity index (χ3v) is 4.36. The number of hydrogen-bond acceptors (Lipinski definition) is 2. The van der Waals surface area contributed by atoms with Gasteiger partial charge in [-0.15, -0.1) is 0 Å². The molecule has 1 rings (SSSR count). The quantitative estimate of drug-likeness (QED) is 0.794. The molecule has 2 nitrogen and oxygen atoms in total. The molecule has 0 aromatic heterocycles. The Morgan fingerprint density at radius 1 is 1.22 bits per heavy atom. The van der Waals surface area contributed by atoms with Gasteiger partial charge >= 0.3 is 6.18 Å². The lowest BCUT2D eigenvalue weighted by molar-refractivity contribution is -0.138. The van der Waals surface area contributed by atoms with Crippen LogP contribution in [0.5, 0.6) is 0 Å². The summed E-state index contributed by atoms with van der Waals surface area (Å²) in [6.45, 7) is 6.18. The molecule has 2 atom stereocenters. The van der Waals surface area contributed by atoms with Crippen molar-refractivity contribution in [2.75, 3.05) is 20.1 Å². The summed E-state index contributed by atoms with van der Waals surface area (Å²) in [6.07, 6.45) is -1.43. The van der Waals surface area contributed by atoms with Crippen LogP contribution in [0.2, 0.25) is 0 Å². The van der Waals surface area contributed by atoms with Crippen molar-refractivity contribution >= 4 is 0 Å². The summed E-state index contributed by atoms with van der Waals surface area (Å²) in [6, 6.07) is -0.109. The first-order chi connectivity index (χ1) is 8.33. The SMILES string of the molecule is CCC(C)(C(CCC(F)(F)F)NC)N1CCCC1. The third kappa shape index (κ3) is 3.85. The summed E-state index contributed by atoms with van der Waals surface area (Å²) >= 11 is 0. The Kier molecular flexibility index (Phi) is 5.46. The average Bonchev–Trinajstić information content (AvgIpc) is 2.81. The largest absolute Gasteiger partial charge is 0.389 e. The molecule has 0 radical (unpaired) electrons. The van der Waals surface area contributed by atoms with E-state index >= 15 is 0 Å². The molecule has 1 fully saturated rings. The zero-order valence-electron chi connectivity index (χ0n) is 11.6. The van der Waals surface area contributed by atoms with Gasteiger partial charge in [0, 0.05) is 18.0 Å². The maximum atomic E-state index is 12.4. The van der Waals surface area contributed by atoms with Crippen molar-refractivity contribution in [3.05, 3.63) is 0 Å². The molecule has 0 aliphatic carbocycles. The first-order valence-corrected chi connectivity index (χ1v) is 6.82. The molecule has 1 aliphatic rings. The van der Waals surface area contributed by atoms with Gasteiger partial charge in [-0.1, -0.05) is 6.92 Å². The Morgan fingerprint density at radius 2 is 1.78 bits per heavy atom. The molecule has 1 aliphatic heterocycles. The second kappa shape index (κ2) is 6.24. The van der Waals surface area contributed by atoms with Gasteiger partial charge in [-0.05, 0) is 52.7 Å². The number of nitrogens with one attached hydrogen (secondary N) is 1. The monoisotopic (exact) mass is 266 g/mol. The predicted molar refractivity (Wildman–Crippen MR) is 67.6 cm³/mol. The zero-order chi connectivity index (χ0) is 13.8. The van der Waals surface area contributed by atoms with Crippen LogP contribution in [-0.2, 0) is 0 Å². The summed E-state index contributed by atoms with van der Waals surface area (Å²) in [5.74, 6) is 0. The highest BCUT2D eigenvalue weighted by Crippen LogP contribution is 2.32. The number of likely N-dealkylation sites (tertiary alicyclic amines) is 1. The summed E-state index contributed by atoms with van der Waals surface area (Å²) in [4.78, 5) is 2.35. The van der Waals surface area contributed by atoms with E-state index in [-0.39, 0.29) is 18.0 Å². The van der Waals surface area contributed by atoms with Crippen LogP contribution >= 0.6 is 0 Å². The molecular formula is C13H25F3N2. The normalized spacial score (nSPS) is 23.0. The minimum atomic E-state index is -4.06. The molecule has 0 aromatic rings. The van der Waals surface area contributed by atoms with E-state index in [1.807, 2.05) is 0 Å². The number of rotatable bonds is 6. The average molecular weight is 266 g/mol. The molecule has 0 bridgehead atoms. The van der Waals surface area contributed by atoms with E-state index in [0.717, 1.165) is 32.4 Å². The molecule has 1 N–H and O–H groups in total. The Labute approximate surface area is 108 Å². The molecule has 2 unspecified atom stereocenters. The van der Waals surface area contributed by atoms with Crippen molar-refractivity contribution in [2.24, 2.45) is 0 Å². The van der Waals surface area contributed by atoms with E-state index in [1.54, 1.807) is 7.05 Å². The van der Waals surface area contributed by atoms with Crippen LogP contribution in [0.15, 0.2) is 0 Å². The van der Waals surface area contributed by atoms with Gasteiger partial charge in [-0.25, -0.2) is 0 Å². The van der Waals surface area contributed by atoms with Crippen molar-refractivity contribution in [1.29, 1.82) is 0 Å². The highest BCUT2D eigenvalue weighted by molar-refractivity contribution is 4.97. The smallest absolute Gasteiger partial charge is 0.315 e. The minimum Gasteiger partial charge on any atom is -0.315 e. The molecule has 5 heteroatoms. The topological polar surface area (TPSA) is 15.3 Å². The lowest BCUT2D eigenvalue weighted by Crippen LogP contribution is -2.58. The van der Waals surface area contributed by atoms with Crippen LogP contribution in [0, 0.1) is 0 Å². The van der Waals surface area contributed by atoms with E-state index in [4.69, 9.17) is 0 Å². The summed E-state index contributed by atoms with van der Waals surface area (Å²) in [5.41, 5.74) is -0.170. The Balaban J connectivity index is 2.69. The van der Waals surface area contributed by atoms with Crippen LogP contribution in [0.3, 0.4) is 0 Å². The zero-order valence-corrected chi connectivity index (χ0v) is 11.6. The third-order valence-electron chi connectivity index (χ3n) is 4.36. The van der Waals surface area contributed by atoms with E-state index in [9.17, 15) is 13.2 Å². The van der Waals surface area contributed by atoms with Gasteiger partial charge in [-0.3, -0.25) is 4.90 Å². The summed E-state index contributed by atoms with van der Waals surface area (Å²) < 4.78 is 37.1. The number of hydrogen-bond donors (Lipinski definition) is 1. The van der Waals surface area contributed by atoms with Gasteiger partial charge < -0.3 is 5.32 Å². The molecule has 108 valence electrons. The molecular weight excluding hydrogens is 241 g/mol. The van der Waals surface area contributed by atoms with Crippen LogP contribution < -0.4 is 5.32 Å². The standard InChI is InChI=1S/C13H25F3N2/c1-4-12(2,18-9-5-6-10-18)11(17-3)7-8-13(14,15)16/h11,17H,4-10H2,1-3H3. The van der Waals surface area contributed by atoms with Crippen molar-refractivity contribution in [3.63, 3.8) is 0 Å². The minimum absolute atomic E-state index is 0.109. The fourth-order valence-corrected chi connectivity index (χ4v) is 2.99. The van der Waals surface area contributed by atoms with Crippen molar-refractivity contribution in [3.8, 4) is 0 Å². The highest BCUT2D eigenvalue weighted by atomic mass is 19.4. The van der Waals surface area contributed by atoms with Crippen LogP contribution in [0.4, 0.5) is 13.2 Å². The summed E-state index contributed by atoms with van der Waals surface area (Å²) in [7, 11) is 1.77. The van der Waals surface area contributed by atoms with E-state index < -0.39 is 12.6 Å². The maximum absolute atomic E-state index is 12.4. The van der Waals surface area contributed by atoms with Gasteiger partial charge in [0.2, 0.25) is 0 Å². The molecule has 18 heavy (non-hydrogen) atoms. The Hall–Kier alpha value is -0.290. The van der Waals surface area contributed by atoms with Crippen LogP contribution in [-0.4, -0.2) is 42.8 Å². The van der Waals surface area contributed by atoms with Gasteiger partial charge in [0.25, 0.3) is 0 Å². The molecule has 1 saturated heterocycles. The molecule has 0 aromatic carbocycles. The lowest BCUT2D eigenvalue weighted by atomic mass is 9.84. The number of alkyl halides is 3. The number of halogens is 3. The van der Waals surface area contributed by atoms with Crippen molar-refractivity contribution in [2.45, 2.75) is 63.7 Å². The molecule has 0 spiro atoms. The van der Waals surface area contributed by atoms with Crippen LogP contribution in [0.25, 0.3) is 0 Å². The van der Waals surface area contributed by atoms with Gasteiger partial charge in [0.15, 0.2) is 0 Å². The van der Waals surface area contributed by atoms with Gasteiger partial charge in [0.1, 0.15) is 0 Å². The second-order valence-electron chi connectivity index (χ2n) is 5.40. The van der Waals surface area contributed by atoms with Crippen molar-refractivity contribution in [1.82, 2.24) is 10.2 Å². The predicted octanol–water partition coefficient (Wildman–Crippen LogP) is 3.18. The van der Waals surface area contributed by atoms with E-state index in [2.05, 4.69) is 24.1 Å². The van der Waals surface area contributed by atoms with E-state index in [1.165, 1.54) is 0 Å². The van der Waals surface area contributed by atoms with Gasteiger partial charge in [-0.2, -0.15) is 13.2 Å². The lowest BCUT2D eigenvalue weighted by Gasteiger charge is -2.44. The Morgan fingerprint density at radius 3 is 2.17 bits per heavy atom. The maximum Gasteiger partial charge on any atom is 0.389 e. The van der Waals surface area contributed by atoms with Crippen molar-refractivity contribution < 1.29 is 13.2 Å². The number of likely N-dealkylation sites (N-methyl/N-ethyl adjacent to an activating group) is 1. The number of nitrogens with zero attached hydrogens (tertiary/aromatic N) is 1. The fourth-order valence-electron chi connectivity index (χ4n) is 2.99. The first kappa shape index (κ1) is 15.8. The molecule has 0 amide bonds. The summed E-state index contributed by atoms with van der Waals surface area (Å²) in [5, 5.41) is 3.10. The molecule has 0 saturated carbocycles. The Bertz CT molecular complexity index is 249. The van der Waals surface area contributed by atoms with Crippen LogP contribution in [0.1, 0.15) is 46.0 Å². The highest BCUT2D eigenvalue weighted by Gasteiger charge is 2.40. The first-order valence-electron chi connectivity index (χ1n) is 6.82. The van der Waals surface area contributed by atoms with Gasteiger partial charge in [0.05, 0.1) is 0 Å². The molecule has 1 heterocycles.